The van der Waals surface area contributed by atoms with Crippen molar-refractivity contribution < 1.29 is 5.11 Å². The molecular weight excluding hydrogens is 212 g/mol. The third kappa shape index (κ3) is 3.80. The average molecular weight is 234 g/mol. The van der Waals surface area contributed by atoms with Gasteiger partial charge in [-0.05, 0) is 25.5 Å². The second-order valence-corrected chi connectivity index (χ2v) is 5.12. The Balaban J connectivity index is 1.75. The van der Waals surface area contributed by atoms with Gasteiger partial charge in [-0.1, -0.05) is 30.3 Å². The topological polar surface area (TPSA) is 35.5 Å². The Hall–Kier alpha value is -0.900. The van der Waals surface area contributed by atoms with Crippen molar-refractivity contribution in [3.63, 3.8) is 0 Å². The Bertz CT molecular complexity index is 331. The highest BCUT2D eigenvalue weighted by molar-refractivity contribution is 5.14. The molecule has 1 aliphatic rings. The van der Waals surface area contributed by atoms with Crippen molar-refractivity contribution in [2.75, 3.05) is 26.7 Å². The van der Waals surface area contributed by atoms with Crippen LogP contribution in [0.5, 0.6) is 0 Å². The Morgan fingerprint density at radius 3 is 2.53 bits per heavy atom. The summed E-state index contributed by atoms with van der Waals surface area (Å²) in [6.45, 7) is 3.50. The molecule has 2 rings (SSSR count). The van der Waals surface area contributed by atoms with Crippen LogP contribution in [0.15, 0.2) is 30.3 Å². The molecule has 1 aromatic rings. The SMILES string of the molecule is CN1CCC(O)(CNCc2ccccc2)CC1. The number of hydrogen-bond acceptors (Lipinski definition) is 3. The summed E-state index contributed by atoms with van der Waals surface area (Å²) in [4.78, 5) is 2.27. The second kappa shape index (κ2) is 5.63. The van der Waals surface area contributed by atoms with Crippen LogP contribution in [0.4, 0.5) is 0 Å². The van der Waals surface area contributed by atoms with Crippen molar-refractivity contribution >= 4 is 0 Å². The van der Waals surface area contributed by atoms with Crippen molar-refractivity contribution in [3.8, 4) is 0 Å². The van der Waals surface area contributed by atoms with Crippen LogP contribution in [0.2, 0.25) is 0 Å². The number of piperidine rings is 1. The van der Waals surface area contributed by atoms with Crippen LogP contribution in [0.3, 0.4) is 0 Å². The van der Waals surface area contributed by atoms with E-state index in [-0.39, 0.29) is 0 Å². The van der Waals surface area contributed by atoms with Crippen LogP contribution in [0, 0.1) is 0 Å². The van der Waals surface area contributed by atoms with Crippen LogP contribution in [-0.4, -0.2) is 42.3 Å². The fraction of sp³-hybridized carbons (Fsp3) is 0.571. The van der Waals surface area contributed by atoms with Crippen molar-refractivity contribution in [1.82, 2.24) is 10.2 Å². The predicted octanol–water partition coefficient (Wildman–Crippen LogP) is 1.23. The third-order valence-corrected chi connectivity index (χ3v) is 3.54. The quantitative estimate of drug-likeness (QED) is 0.822. The van der Waals surface area contributed by atoms with Crippen LogP contribution >= 0.6 is 0 Å². The first-order valence-electron chi connectivity index (χ1n) is 6.34. The van der Waals surface area contributed by atoms with Gasteiger partial charge in [0.25, 0.3) is 0 Å². The van der Waals surface area contributed by atoms with E-state index in [1.54, 1.807) is 0 Å². The van der Waals surface area contributed by atoms with E-state index >= 15 is 0 Å². The number of likely N-dealkylation sites (tertiary alicyclic amines) is 1. The first kappa shape index (κ1) is 12.6. The number of benzene rings is 1. The average Bonchev–Trinajstić information content (AvgIpc) is 2.35. The number of rotatable bonds is 4. The highest BCUT2D eigenvalue weighted by Gasteiger charge is 2.30. The zero-order chi connectivity index (χ0) is 12.1. The number of nitrogens with one attached hydrogen (secondary N) is 1. The minimum absolute atomic E-state index is 0.513. The fourth-order valence-electron chi connectivity index (χ4n) is 2.25. The highest BCUT2D eigenvalue weighted by atomic mass is 16.3. The molecule has 0 atom stereocenters. The molecule has 0 bridgehead atoms. The van der Waals surface area contributed by atoms with Gasteiger partial charge in [0, 0.05) is 26.2 Å². The first-order chi connectivity index (χ1) is 8.18. The summed E-state index contributed by atoms with van der Waals surface area (Å²) in [7, 11) is 2.11. The summed E-state index contributed by atoms with van der Waals surface area (Å²) in [6, 6.07) is 10.3. The Kier molecular flexibility index (Phi) is 4.15. The summed E-state index contributed by atoms with van der Waals surface area (Å²) in [5, 5.41) is 13.7. The van der Waals surface area contributed by atoms with E-state index in [0.717, 1.165) is 32.5 Å². The molecule has 0 amide bonds. The van der Waals surface area contributed by atoms with E-state index in [1.807, 2.05) is 18.2 Å². The van der Waals surface area contributed by atoms with E-state index in [1.165, 1.54) is 5.56 Å². The van der Waals surface area contributed by atoms with E-state index in [4.69, 9.17) is 0 Å². The molecule has 94 valence electrons. The minimum atomic E-state index is -0.513. The Labute approximate surface area is 103 Å². The maximum atomic E-state index is 10.4. The molecule has 17 heavy (non-hydrogen) atoms. The lowest BCUT2D eigenvalue weighted by atomic mass is 9.91. The van der Waals surface area contributed by atoms with Crippen LogP contribution < -0.4 is 5.32 Å². The van der Waals surface area contributed by atoms with E-state index < -0.39 is 5.60 Å². The lowest BCUT2D eigenvalue weighted by Crippen LogP contribution is -2.48. The van der Waals surface area contributed by atoms with Gasteiger partial charge in [-0.15, -0.1) is 0 Å². The molecular formula is C14H22N2O. The lowest BCUT2D eigenvalue weighted by Gasteiger charge is -2.36. The van der Waals surface area contributed by atoms with Crippen LogP contribution in [0.25, 0.3) is 0 Å². The standard InChI is InChI=1S/C14H22N2O/c1-16-9-7-14(17,8-10-16)12-15-11-13-5-3-2-4-6-13/h2-6,15,17H,7-12H2,1H3. The number of nitrogens with zero attached hydrogens (tertiary/aromatic N) is 1. The number of aliphatic hydroxyl groups is 1. The third-order valence-electron chi connectivity index (χ3n) is 3.54. The largest absolute Gasteiger partial charge is 0.388 e. The van der Waals surface area contributed by atoms with Crippen molar-refractivity contribution in [2.45, 2.75) is 25.0 Å². The molecule has 1 aromatic carbocycles. The van der Waals surface area contributed by atoms with Gasteiger partial charge in [0.05, 0.1) is 5.60 Å². The van der Waals surface area contributed by atoms with Gasteiger partial charge >= 0.3 is 0 Å². The molecule has 0 spiro atoms. The zero-order valence-corrected chi connectivity index (χ0v) is 10.5. The van der Waals surface area contributed by atoms with Crippen molar-refractivity contribution in [2.24, 2.45) is 0 Å². The highest BCUT2D eigenvalue weighted by Crippen LogP contribution is 2.20. The minimum Gasteiger partial charge on any atom is -0.388 e. The van der Waals surface area contributed by atoms with Gasteiger partial charge in [-0.2, -0.15) is 0 Å². The maximum Gasteiger partial charge on any atom is 0.0796 e. The van der Waals surface area contributed by atoms with E-state index in [9.17, 15) is 5.11 Å². The summed E-state index contributed by atoms with van der Waals surface area (Å²) in [5.74, 6) is 0. The van der Waals surface area contributed by atoms with Crippen LogP contribution in [0.1, 0.15) is 18.4 Å². The molecule has 0 radical (unpaired) electrons. The summed E-state index contributed by atoms with van der Waals surface area (Å²) in [5.41, 5.74) is 0.755. The van der Waals surface area contributed by atoms with Crippen molar-refractivity contribution in [1.29, 1.82) is 0 Å². The molecule has 1 heterocycles. The van der Waals surface area contributed by atoms with Crippen LogP contribution in [-0.2, 0) is 6.54 Å². The van der Waals surface area contributed by atoms with Crippen molar-refractivity contribution in [3.05, 3.63) is 35.9 Å². The molecule has 0 saturated carbocycles. The predicted molar refractivity (Wildman–Crippen MR) is 69.8 cm³/mol. The molecule has 0 aromatic heterocycles. The summed E-state index contributed by atoms with van der Waals surface area (Å²) >= 11 is 0. The smallest absolute Gasteiger partial charge is 0.0796 e. The van der Waals surface area contributed by atoms with E-state index in [2.05, 4.69) is 29.4 Å². The molecule has 0 unspecified atom stereocenters. The molecule has 1 aliphatic heterocycles. The Morgan fingerprint density at radius 2 is 1.88 bits per heavy atom. The normalized spacial score (nSPS) is 20.4. The molecule has 2 N–H and O–H groups in total. The van der Waals surface area contributed by atoms with Gasteiger partial charge < -0.3 is 15.3 Å². The van der Waals surface area contributed by atoms with E-state index in [0.29, 0.717) is 6.54 Å². The molecule has 1 fully saturated rings. The van der Waals surface area contributed by atoms with Gasteiger partial charge in [0.1, 0.15) is 0 Å². The maximum absolute atomic E-state index is 10.4. The molecule has 0 aliphatic carbocycles. The second-order valence-electron chi connectivity index (χ2n) is 5.12. The monoisotopic (exact) mass is 234 g/mol. The number of hydrogen-bond donors (Lipinski definition) is 2. The van der Waals surface area contributed by atoms with Gasteiger partial charge in [0.2, 0.25) is 0 Å². The Morgan fingerprint density at radius 1 is 1.24 bits per heavy atom. The molecule has 3 nitrogen and oxygen atoms in total. The summed E-state index contributed by atoms with van der Waals surface area (Å²) in [6.07, 6.45) is 1.73. The van der Waals surface area contributed by atoms with Gasteiger partial charge in [0.15, 0.2) is 0 Å². The first-order valence-corrected chi connectivity index (χ1v) is 6.34. The molecule has 1 saturated heterocycles. The molecule has 3 heteroatoms. The summed E-state index contributed by atoms with van der Waals surface area (Å²) < 4.78 is 0. The van der Waals surface area contributed by atoms with Gasteiger partial charge in [-0.3, -0.25) is 0 Å². The fourth-order valence-corrected chi connectivity index (χ4v) is 2.25. The van der Waals surface area contributed by atoms with Gasteiger partial charge in [-0.25, -0.2) is 0 Å². The lowest BCUT2D eigenvalue weighted by molar-refractivity contribution is -0.0145. The zero-order valence-electron chi connectivity index (χ0n) is 10.5.